The topological polar surface area (TPSA) is 116 Å². The summed E-state index contributed by atoms with van der Waals surface area (Å²) in [5.41, 5.74) is 0. The molecule has 7 heteroatoms. The van der Waals surface area contributed by atoms with Gasteiger partial charge >= 0.3 is 11.9 Å². The largest absolute Gasteiger partial charge is 0.480 e. The molecule has 0 aromatic carbocycles. The third kappa shape index (κ3) is 6.95. The van der Waals surface area contributed by atoms with Gasteiger partial charge in [-0.3, -0.25) is 4.79 Å². The third-order valence-electron chi connectivity index (χ3n) is 2.47. The number of carboxylic acid groups (broad SMARTS) is 2. The van der Waals surface area contributed by atoms with Gasteiger partial charge in [0.1, 0.15) is 6.04 Å². The van der Waals surface area contributed by atoms with E-state index in [9.17, 15) is 14.5 Å². The molecule has 1 aliphatic rings. The molecule has 0 aromatic rings. The molecule has 1 aliphatic heterocycles. The monoisotopic (exact) mass is 260 g/mol. The average molecular weight is 260 g/mol. The van der Waals surface area contributed by atoms with Gasteiger partial charge in [0, 0.05) is 0 Å². The molecule has 18 heavy (non-hydrogen) atoms. The van der Waals surface area contributed by atoms with Crippen molar-refractivity contribution in [1.29, 1.82) is 0 Å². The summed E-state index contributed by atoms with van der Waals surface area (Å²) in [7, 11) is 0. The molecule has 0 spiro atoms. The zero-order valence-corrected chi connectivity index (χ0v) is 10.6. The van der Waals surface area contributed by atoms with Crippen LogP contribution >= 0.6 is 0 Å². The Morgan fingerprint density at radius 2 is 2.00 bits per heavy atom. The Kier molecular flexibility index (Phi) is 7.86. The van der Waals surface area contributed by atoms with Gasteiger partial charge in [0.15, 0.2) is 6.04 Å². The zero-order chi connectivity index (χ0) is 14.1. The summed E-state index contributed by atoms with van der Waals surface area (Å²) in [5, 5.41) is 22.0. The lowest BCUT2D eigenvalue weighted by Gasteiger charge is -2.05. The highest BCUT2D eigenvalue weighted by molar-refractivity contribution is 5.73. The Labute approximate surface area is 106 Å². The number of nitrogens with zero attached hydrogens (tertiary/aromatic N) is 1. The van der Waals surface area contributed by atoms with Gasteiger partial charge in [0.05, 0.1) is 0 Å². The molecule has 0 unspecified atom stereocenters. The number of nitroso groups, excluding NO2 is 1. The van der Waals surface area contributed by atoms with Crippen LogP contribution in [-0.2, 0) is 9.59 Å². The first-order valence-corrected chi connectivity index (χ1v) is 5.90. The molecular formula is C11H20N2O5. The van der Waals surface area contributed by atoms with Gasteiger partial charge in [-0.2, -0.15) is 0 Å². The van der Waals surface area contributed by atoms with E-state index in [1.54, 1.807) is 0 Å². The quantitative estimate of drug-likeness (QED) is 0.637. The predicted molar refractivity (Wildman–Crippen MR) is 65.3 cm³/mol. The molecule has 104 valence electrons. The Morgan fingerprint density at radius 3 is 2.17 bits per heavy atom. The van der Waals surface area contributed by atoms with E-state index in [0.29, 0.717) is 6.42 Å². The van der Waals surface area contributed by atoms with Gasteiger partial charge in [-0.25, -0.2) is 4.79 Å². The standard InChI is InChI=1S/C6H11NO3.C5H9NO2/c1-4(2)3-5(7-10)6(8)9;7-5(8)4-2-1-3-6-4/h4-5H,3H2,1-2H3,(H,8,9);4,6H,1-3H2,(H,7,8)/t5-;4-/m00/s1. The van der Waals surface area contributed by atoms with E-state index in [2.05, 4.69) is 10.5 Å². The summed E-state index contributed by atoms with van der Waals surface area (Å²) >= 11 is 0. The van der Waals surface area contributed by atoms with E-state index >= 15 is 0 Å². The van der Waals surface area contributed by atoms with E-state index in [1.165, 1.54) is 0 Å². The lowest BCUT2D eigenvalue weighted by Crippen LogP contribution is -2.29. The number of hydrogen-bond acceptors (Lipinski definition) is 5. The van der Waals surface area contributed by atoms with Gasteiger partial charge in [0.25, 0.3) is 0 Å². The molecule has 0 aromatic heterocycles. The fourth-order valence-corrected chi connectivity index (χ4v) is 1.53. The van der Waals surface area contributed by atoms with Gasteiger partial charge in [0.2, 0.25) is 0 Å². The Balaban J connectivity index is 0.000000327. The molecule has 1 rings (SSSR count). The first-order chi connectivity index (χ1) is 8.38. The minimum atomic E-state index is -1.14. The third-order valence-corrected chi connectivity index (χ3v) is 2.47. The smallest absolute Gasteiger partial charge is 0.332 e. The molecule has 0 amide bonds. The highest BCUT2D eigenvalue weighted by atomic mass is 16.4. The second-order valence-corrected chi connectivity index (χ2v) is 4.58. The molecule has 1 heterocycles. The second-order valence-electron chi connectivity index (χ2n) is 4.58. The zero-order valence-electron chi connectivity index (χ0n) is 10.6. The van der Waals surface area contributed by atoms with Gasteiger partial charge in [-0.1, -0.05) is 19.0 Å². The maximum Gasteiger partial charge on any atom is 0.332 e. The minimum absolute atomic E-state index is 0.193. The van der Waals surface area contributed by atoms with Gasteiger partial charge < -0.3 is 15.5 Å². The van der Waals surface area contributed by atoms with Crippen LogP contribution in [0, 0.1) is 10.8 Å². The maximum absolute atomic E-state index is 10.2. The summed E-state index contributed by atoms with van der Waals surface area (Å²) in [6.45, 7) is 4.55. The van der Waals surface area contributed by atoms with Crippen molar-refractivity contribution >= 4 is 11.9 Å². The first kappa shape index (κ1) is 16.5. The summed E-state index contributed by atoms with van der Waals surface area (Å²) in [5.74, 6) is -1.66. The van der Waals surface area contributed by atoms with Crippen LogP contribution in [0.25, 0.3) is 0 Å². The van der Waals surface area contributed by atoms with Crippen molar-refractivity contribution in [2.75, 3.05) is 6.54 Å². The Morgan fingerprint density at radius 1 is 1.39 bits per heavy atom. The maximum atomic E-state index is 10.2. The molecule has 0 aliphatic carbocycles. The van der Waals surface area contributed by atoms with Crippen LogP contribution in [0.5, 0.6) is 0 Å². The van der Waals surface area contributed by atoms with E-state index in [0.717, 1.165) is 19.4 Å². The van der Waals surface area contributed by atoms with Crippen molar-refractivity contribution in [2.24, 2.45) is 11.1 Å². The molecule has 3 N–H and O–H groups in total. The van der Waals surface area contributed by atoms with Crippen LogP contribution in [0.2, 0.25) is 0 Å². The lowest BCUT2D eigenvalue weighted by atomic mass is 10.1. The summed E-state index contributed by atoms with van der Waals surface area (Å²) in [4.78, 5) is 30.2. The van der Waals surface area contributed by atoms with Crippen LogP contribution in [0.3, 0.4) is 0 Å². The highest BCUT2D eigenvalue weighted by Crippen LogP contribution is 2.07. The molecule has 2 atom stereocenters. The fraction of sp³-hybridized carbons (Fsp3) is 0.818. The van der Waals surface area contributed by atoms with E-state index < -0.39 is 18.0 Å². The van der Waals surface area contributed by atoms with Crippen LogP contribution in [0.15, 0.2) is 5.18 Å². The fourth-order valence-electron chi connectivity index (χ4n) is 1.53. The van der Waals surface area contributed by atoms with E-state index in [1.807, 2.05) is 13.8 Å². The number of nitrogens with one attached hydrogen (secondary N) is 1. The lowest BCUT2D eigenvalue weighted by molar-refractivity contribution is -0.139. The molecule has 1 saturated heterocycles. The minimum Gasteiger partial charge on any atom is -0.480 e. The van der Waals surface area contributed by atoms with Crippen molar-refractivity contribution in [1.82, 2.24) is 5.32 Å². The number of aliphatic carboxylic acids is 2. The Bertz CT molecular complexity index is 287. The number of hydrogen-bond donors (Lipinski definition) is 3. The molecule has 0 bridgehead atoms. The molecule has 0 saturated carbocycles. The first-order valence-electron chi connectivity index (χ1n) is 5.90. The van der Waals surface area contributed by atoms with Crippen molar-refractivity contribution in [3.8, 4) is 0 Å². The Hall–Kier alpha value is -1.50. The van der Waals surface area contributed by atoms with Crippen LogP contribution in [0.4, 0.5) is 0 Å². The number of rotatable bonds is 5. The SMILES string of the molecule is CC(C)C[C@H](N=O)C(=O)O.O=C(O)[C@@H]1CCCN1. The van der Waals surface area contributed by atoms with Gasteiger partial charge in [-0.05, 0) is 31.7 Å². The highest BCUT2D eigenvalue weighted by Gasteiger charge is 2.20. The molecule has 7 nitrogen and oxygen atoms in total. The van der Waals surface area contributed by atoms with Gasteiger partial charge in [-0.15, -0.1) is 4.91 Å². The molecule has 1 fully saturated rings. The van der Waals surface area contributed by atoms with Crippen molar-refractivity contribution in [3.63, 3.8) is 0 Å². The van der Waals surface area contributed by atoms with Crippen LogP contribution < -0.4 is 5.32 Å². The van der Waals surface area contributed by atoms with Crippen molar-refractivity contribution in [2.45, 2.75) is 45.2 Å². The van der Waals surface area contributed by atoms with Crippen LogP contribution in [0.1, 0.15) is 33.1 Å². The van der Waals surface area contributed by atoms with Crippen molar-refractivity contribution < 1.29 is 19.8 Å². The van der Waals surface area contributed by atoms with Crippen molar-refractivity contribution in [3.05, 3.63) is 4.91 Å². The molecule has 0 radical (unpaired) electrons. The average Bonchev–Trinajstić information content (AvgIpc) is 2.79. The van der Waals surface area contributed by atoms with Crippen LogP contribution in [-0.4, -0.2) is 40.8 Å². The number of carbonyl (C=O) groups is 2. The van der Waals surface area contributed by atoms with E-state index in [-0.39, 0.29) is 12.0 Å². The summed E-state index contributed by atoms with van der Waals surface area (Å²) in [6, 6.07) is -1.34. The molecular weight excluding hydrogens is 240 g/mol. The normalized spacial score (nSPS) is 19.8. The second kappa shape index (κ2) is 8.57. The van der Waals surface area contributed by atoms with E-state index in [4.69, 9.17) is 10.2 Å². The summed E-state index contributed by atoms with van der Waals surface area (Å²) in [6.07, 6.45) is 2.10. The summed E-state index contributed by atoms with van der Waals surface area (Å²) < 4.78 is 0. The number of carboxylic acids is 2. The predicted octanol–water partition coefficient (Wildman–Crippen LogP) is 1.08.